The summed E-state index contributed by atoms with van der Waals surface area (Å²) in [5.41, 5.74) is 6.17. The lowest BCUT2D eigenvalue weighted by Crippen LogP contribution is -2.40. The topological polar surface area (TPSA) is 87.2 Å². The third kappa shape index (κ3) is 3.37. The van der Waals surface area contributed by atoms with Gasteiger partial charge in [0, 0.05) is 13.6 Å². The van der Waals surface area contributed by atoms with E-state index in [4.69, 9.17) is 5.73 Å². The van der Waals surface area contributed by atoms with Crippen LogP contribution in [0.5, 0.6) is 0 Å². The number of hydrogen-bond donors (Lipinski definition) is 1. The zero-order chi connectivity index (χ0) is 15.6. The first-order valence-electron chi connectivity index (χ1n) is 6.32. The molecule has 0 atom stereocenters. The summed E-state index contributed by atoms with van der Waals surface area (Å²) in [7, 11) is -2.18. The Morgan fingerprint density at radius 1 is 1.40 bits per heavy atom. The van der Waals surface area contributed by atoms with Crippen LogP contribution in [0.4, 0.5) is 0 Å². The number of rotatable bonds is 5. The zero-order valence-electron chi connectivity index (χ0n) is 12.3. The fourth-order valence-corrected chi connectivity index (χ4v) is 3.49. The number of benzene rings is 1. The number of nitriles is 1. The van der Waals surface area contributed by atoms with Crippen LogP contribution in [0.15, 0.2) is 23.1 Å². The highest BCUT2D eigenvalue weighted by molar-refractivity contribution is 7.89. The van der Waals surface area contributed by atoms with E-state index < -0.39 is 10.0 Å². The molecule has 0 bridgehead atoms. The molecule has 0 unspecified atom stereocenters. The number of sulfonamides is 1. The van der Waals surface area contributed by atoms with Crippen molar-refractivity contribution in [1.29, 1.82) is 5.26 Å². The standard InChI is InChI=1S/C14H21N3O2S/c1-11-6-5-7-13(12(11)8-15)20(18,19)17(4)10-14(2,3)9-16/h5-7H,9-10,16H2,1-4H3. The minimum absolute atomic E-state index is 0.0512. The Balaban J connectivity index is 3.25. The van der Waals surface area contributed by atoms with Gasteiger partial charge in [0.25, 0.3) is 0 Å². The van der Waals surface area contributed by atoms with Gasteiger partial charge in [0.1, 0.15) is 11.0 Å². The third-order valence-corrected chi connectivity index (χ3v) is 5.08. The van der Waals surface area contributed by atoms with E-state index in [1.54, 1.807) is 19.1 Å². The predicted octanol–water partition coefficient (Wildman–Crippen LogP) is 1.47. The number of nitrogens with two attached hydrogens (primary N) is 1. The lowest BCUT2D eigenvalue weighted by atomic mass is 9.94. The Bertz CT molecular complexity index is 630. The van der Waals surface area contributed by atoms with Crippen molar-refractivity contribution in [2.24, 2.45) is 11.1 Å². The normalized spacial score (nSPS) is 12.4. The third-order valence-electron chi connectivity index (χ3n) is 3.24. The molecule has 0 radical (unpaired) electrons. The smallest absolute Gasteiger partial charge is 0.244 e. The van der Waals surface area contributed by atoms with E-state index in [0.29, 0.717) is 18.7 Å². The Hall–Kier alpha value is -1.42. The molecule has 0 aliphatic carbocycles. The second-order valence-corrected chi connectivity index (χ2v) is 7.70. The van der Waals surface area contributed by atoms with Gasteiger partial charge in [-0.3, -0.25) is 0 Å². The minimum Gasteiger partial charge on any atom is -0.330 e. The van der Waals surface area contributed by atoms with E-state index in [1.807, 2.05) is 19.9 Å². The quantitative estimate of drug-likeness (QED) is 0.891. The highest BCUT2D eigenvalue weighted by atomic mass is 32.2. The maximum Gasteiger partial charge on any atom is 0.244 e. The molecule has 0 amide bonds. The van der Waals surface area contributed by atoms with Crippen molar-refractivity contribution in [2.45, 2.75) is 25.7 Å². The molecule has 0 spiro atoms. The molecule has 0 aromatic heterocycles. The van der Waals surface area contributed by atoms with Gasteiger partial charge in [0.15, 0.2) is 0 Å². The number of nitrogens with zero attached hydrogens (tertiary/aromatic N) is 2. The Morgan fingerprint density at radius 3 is 2.50 bits per heavy atom. The van der Waals surface area contributed by atoms with Gasteiger partial charge in [0.2, 0.25) is 10.0 Å². The molecular weight excluding hydrogens is 274 g/mol. The average Bonchev–Trinajstić information content (AvgIpc) is 2.37. The average molecular weight is 295 g/mol. The summed E-state index contributed by atoms with van der Waals surface area (Å²) in [6.07, 6.45) is 0. The fourth-order valence-electron chi connectivity index (χ4n) is 1.92. The molecule has 2 N–H and O–H groups in total. The van der Waals surface area contributed by atoms with Gasteiger partial charge in [-0.2, -0.15) is 5.26 Å². The monoisotopic (exact) mass is 295 g/mol. The van der Waals surface area contributed by atoms with Crippen LogP contribution in [0.25, 0.3) is 0 Å². The second-order valence-electron chi connectivity index (χ2n) is 5.69. The molecule has 1 rings (SSSR count). The zero-order valence-corrected chi connectivity index (χ0v) is 13.2. The molecular formula is C14H21N3O2S. The lowest BCUT2D eigenvalue weighted by molar-refractivity contribution is 0.292. The minimum atomic E-state index is -3.69. The second kappa shape index (κ2) is 5.92. The van der Waals surface area contributed by atoms with Crippen molar-refractivity contribution >= 4 is 10.0 Å². The van der Waals surface area contributed by atoms with E-state index in [9.17, 15) is 13.7 Å². The molecule has 1 aromatic carbocycles. The summed E-state index contributed by atoms with van der Waals surface area (Å²) in [5.74, 6) is 0. The SMILES string of the molecule is Cc1cccc(S(=O)(=O)N(C)CC(C)(C)CN)c1C#N. The van der Waals surface area contributed by atoms with Crippen molar-refractivity contribution in [2.75, 3.05) is 20.1 Å². The van der Waals surface area contributed by atoms with Gasteiger partial charge in [-0.05, 0) is 30.5 Å². The first-order chi connectivity index (χ1) is 9.15. The van der Waals surface area contributed by atoms with Gasteiger partial charge >= 0.3 is 0 Å². The fraction of sp³-hybridized carbons (Fsp3) is 0.500. The van der Waals surface area contributed by atoms with Crippen molar-refractivity contribution in [3.05, 3.63) is 29.3 Å². The molecule has 5 nitrogen and oxygen atoms in total. The van der Waals surface area contributed by atoms with Gasteiger partial charge < -0.3 is 5.73 Å². The molecule has 6 heteroatoms. The summed E-state index contributed by atoms with van der Waals surface area (Å²) in [6, 6.07) is 6.80. The molecule has 1 aromatic rings. The Labute approximate surface area is 121 Å². The van der Waals surface area contributed by atoms with Crippen molar-refractivity contribution in [1.82, 2.24) is 4.31 Å². The van der Waals surface area contributed by atoms with E-state index >= 15 is 0 Å². The summed E-state index contributed by atoms with van der Waals surface area (Å²) in [5, 5.41) is 9.17. The van der Waals surface area contributed by atoms with Crippen molar-refractivity contribution in [3.8, 4) is 6.07 Å². The molecule has 20 heavy (non-hydrogen) atoms. The summed E-state index contributed by atoms with van der Waals surface area (Å²) in [6.45, 7) is 6.21. The highest BCUT2D eigenvalue weighted by Crippen LogP contribution is 2.24. The number of aryl methyl sites for hydroxylation is 1. The van der Waals surface area contributed by atoms with Gasteiger partial charge in [-0.1, -0.05) is 26.0 Å². The molecule has 0 saturated heterocycles. The highest BCUT2D eigenvalue weighted by Gasteiger charge is 2.29. The van der Waals surface area contributed by atoms with Gasteiger partial charge in [0.05, 0.1) is 5.56 Å². The van der Waals surface area contributed by atoms with Crippen LogP contribution in [-0.4, -0.2) is 32.9 Å². The Kier molecular flexibility index (Phi) is 4.92. The summed E-state index contributed by atoms with van der Waals surface area (Å²) >= 11 is 0. The molecule has 0 saturated carbocycles. The van der Waals surface area contributed by atoms with Gasteiger partial charge in [-0.25, -0.2) is 12.7 Å². The molecule has 110 valence electrons. The van der Waals surface area contributed by atoms with Crippen LogP contribution in [0.3, 0.4) is 0 Å². The van der Waals surface area contributed by atoms with Crippen molar-refractivity contribution < 1.29 is 8.42 Å². The lowest BCUT2D eigenvalue weighted by Gasteiger charge is -2.28. The summed E-state index contributed by atoms with van der Waals surface area (Å²) in [4.78, 5) is 0.0512. The maximum atomic E-state index is 12.6. The van der Waals surface area contributed by atoms with E-state index in [0.717, 1.165) is 0 Å². The van der Waals surface area contributed by atoms with E-state index in [1.165, 1.54) is 17.4 Å². The van der Waals surface area contributed by atoms with E-state index in [2.05, 4.69) is 0 Å². The molecule has 0 aliphatic rings. The van der Waals surface area contributed by atoms with Crippen LogP contribution in [0.1, 0.15) is 25.0 Å². The van der Waals surface area contributed by atoms with E-state index in [-0.39, 0.29) is 15.9 Å². The predicted molar refractivity (Wildman–Crippen MR) is 78.5 cm³/mol. The molecule has 0 fully saturated rings. The Morgan fingerprint density at radius 2 is 2.00 bits per heavy atom. The molecule has 0 heterocycles. The maximum absolute atomic E-state index is 12.6. The van der Waals surface area contributed by atoms with Crippen LogP contribution in [-0.2, 0) is 10.0 Å². The van der Waals surface area contributed by atoms with Gasteiger partial charge in [-0.15, -0.1) is 0 Å². The largest absolute Gasteiger partial charge is 0.330 e. The summed E-state index contributed by atoms with van der Waals surface area (Å²) < 4.78 is 26.4. The van der Waals surface area contributed by atoms with Crippen molar-refractivity contribution in [3.63, 3.8) is 0 Å². The van der Waals surface area contributed by atoms with Crippen LogP contribution in [0.2, 0.25) is 0 Å². The molecule has 0 aliphatic heterocycles. The van der Waals surface area contributed by atoms with Crippen LogP contribution < -0.4 is 5.73 Å². The first kappa shape index (κ1) is 16.6. The van der Waals surface area contributed by atoms with Crippen LogP contribution >= 0.6 is 0 Å². The van der Waals surface area contributed by atoms with Crippen LogP contribution in [0, 0.1) is 23.7 Å². The first-order valence-corrected chi connectivity index (χ1v) is 7.76. The number of hydrogen-bond acceptors (Lipinski definition) is 4.